The molecule has 3 aromatic rings. The smallest absolute Gasteiger partial charge is 0.223 e. The minimum atomic E-state index is -0.167. The van der Waals surface area contributed by atoms with Crippen molar-refractivity contribution in [1.82, 2.24) is 19.7 Å². The second-order valence-corrected chi connectivity index (χ2v) is 5.95. The molecule has 0 aliphatic rings. The Balaban J connectivity index is 1.66. The van der Waals surface area contributed by atoms with Crippen molar-refractivity contribution in [1.29, 1.82) is 0 Å². The average Bonchev–Trinajstić information content (AvgIpc) is 3.17. The molecule has 0 saturated carbocycles. The third-order valence-corrected chi connectivity index (χ3v) is 3.87. The van der Waals surface area contributed by atoms with Crippen molar-refractivity contribution in [2.75, 3.05) is 5.32 Å². The van der Waals surface area contributed by atoms with Crippen LogP contribution in [-0.4, -0.2) is 25.7 Å². The summed E-state index contributed by atoms with van der Waals surface area (Å²) in [5.41, 5.74) is 2.04. The maximum absolute atomic E-state index is 11.0. The van der Waals surface area contributed by atoms with E-state index in [0.717, 1.165) is 17.0 Å². The molecular formula is C15H15N5O2S. The van der Waals surface area contributed by atoms with Crippen LogP contribution in [0.15, 0.2) is 36.9 Å². The number of hydrogen-bond donors (Lipinski definition) is 1. The molecule has 7 nitrogen and oxygen atoms in total. The Kier molecular flexibility index (Phi) is 4.33. The summed E-state index contributed by atoms with van der Waals surface area (Å²) < 4.78 is 7.72. The topological polar surface area (TPSA) is 81.9 Å². The van der Waals surface area contributed by atoms with Gasteiger partial charge in [-0.2, -0.15) is 0 Å². The zero-order valence-corrected chi connectivity index (χ0v) is 13.5. The molecule has 1 amide bonds. The molecule has 8 heteroatoms. The fraction of sp³-hybridized carbons (Fsp3) is 0.200. The normalized spacial score (nSPS) is 10.5. The molecule has 3 rings (SSSR count). The number of benzene rings is 1. The highest BCUT2D eigenvalue weighted by Crippen LogP contribution is 2.23. The van der Waals surface area contributed by atoms with Gasteiger partial charge < -0.3 is 14.6 Å². The van der Waals surface area contributed by atoms with Crippen LogP contribution in [0.2, 0.25) is 0 Å². The number of anilines is 1. The van der Waals surface area contributed by atoms with Crippen molar-refractivity contribution in [3.05, 3.63) is 47.5 Å². The van der Waals surface area contributed by atoms with Crippen molar-refractivity contribution >= 4 is 22.4 Å². The largest absolute Gasteiger partial charge is 0.486 e. The van der Waals surface area contributed by atoms with Gasteiger partial charge in [0.25, 0.3) is 0 Å². The van der Waals surface area contributed by atoms with E-state index in [9.17, 15) is 4.79 Å². The maximum atomic E-state index is 11.0. The van der Waals surface area contributed by atoms with Crippen LogP contribution in [0.3, 0.4) is 0 Å². The van der Waals surface area contributed by atoms with Gasteiger partial charge in [0.1, 0.15) is 12.4 Å². The number of carbonyl (C=O) groups excluding carboxylic acids is 1. The van der Waals surface area contributed by atoms with Crippen molar-refractivity contribution in [3.63, 3.8) is 0 Å². The Labute approximate surface area is 137 Å². The quantitative estimate of drug-likeness (QED) is 0.778. The Morgan fingerprint density at radius 1 is 1.39 bits per heavy atom. The van der Waals surface area contributed by atoms with Crippen molar-refractivity contribution in [2.24, 2.45) is 0 Å². The summed E-state index contributed by atoms with van der Waals surface area (Å²) in [6.07, 6.45) is 5.38. The second kappa shape index (κ2) is 6.57. The summed E-state index contributed by atoms with van der Waals surface area (Å²) in [6.45, 7) is 3.73. The second-order valence-electron chi connectivity index (χ2n) is 4.89. The van der Waals surface area contributed by atoms with Gasteiger partial charge in [0, 0.05) is 25.0 Å². The molecule has 0 aliphatic carbocycles. The van der Waals surface area contributed by atoms with E-state index in [-0.39, 0.29) is 5.91 Å². The van der Waals surface area contributed by atoms with Crippen LogP contribution in [0.4, 0.5) is 5.13 Å². The first-order valence-corrected chi connectivity index (χ1v) is 7.75. The Morgan fingerprint density at radius 2 is 2.26 bits per heavy atom. The lowest BCUT2D eigenvalue weighted by Gasteiger charge is -2.09. The number of imidazole rings is 1. The molecule has 0 bridgehead atoms. The molecule has 1 aromatic carbocycles. The number of nitrogens with zero attached hydrogens (tertiary/aromatic N) is 4. The van der Waals surface area contributed by atoms with Gasteiger partial charge in [0.05, 0.1) is 6.33 Å². The molecule has 0 atom stereocenters. The number of hydrogen-bond acceptors (Lipinski definition) is 6. The van der Waals surface area contributed by atoms with E-state index in [1.54, 1.807) is 12.5 Å². The van der Waals surface area contributed by atoms with E-state index in [2.05, 4.69) is 20.5 Å². The summed E-state index contributed by atoms with van der Waals surface area (Å²) in [5.74, 6) is 0.615. The van der Waals surface area contributed by atoms with E-state index >= 15 is 0 Å². The first-order valence-electron chi connectivity index (χ1n) is 6.93. The highest BCUT2D eigenvalue weighted by molar-refractivity contribution is 7.15. The highest BCUT2D eigenvalue weighted by Gasteiger charge is 2.08. The Morgan fingerprint density at radius 3 is 2.96 bits per heavy atom. The summed E-state index contributed by atoms with van der Waals surface area (Å²) in [4.78, 5) is 15.0. The van der Waals surface area contributed by atoms with E-state index in [1.807, 2.05) is 35.9 Å². The molecule has 23 heavy (non-hydrogen) atoms. The van der Waals surface area contributed by atoms with Crippen LogP contribution in [0.1, 0.15) is 17.5 Å². The van der Waals surface area contributed by atoms with Crippen molar-refractivity contribution < 1.29 is 9.53 Å². The van der Waals surface area contributed by atoms with Gasteiger partial charge in [-0.3, -0.25) is 4.79 Å². The Hall–Kier alpha value is -2.74. The van der Waals surface area contributed by atoms with Gasteiger partial charge in [0.15, 0.2) is 5.01 Å². The summed E-state index contributed by atoms with van der Waals surface area (Å²) in [7, 11) is 0. The molecule has 2 heterocycles. The van der Waals surface area contributed by atoms with Crippen molar-refractivity contribution in [2.45, 2.75) is 20.5 Å². The lowest BCUT2D eigenvalue weighted by atomic mass is 10.2. The number of carbonyl (C=O) groups is 1. The van der Waals surface area contributed by atoms with Crippen LogP contribution < -0.4 is 10.1 Å². The molecule has 0 fully saturated rings. The van der Waals surface area contributed by atoms with E-state index in [4.69, 9.17) is 4.74 Å². The molecule has 0 spiro atoms. The average molecular weight is 329 g/mol. The summed E-state index contributed by atoms with van der Waals surface area (Å²) in [6, 6.07) is 5.91. The van der Waals surface area contributed by atoms with Gasteiger partial charge >= 0.3 is 0 Å². The summed E-state index contributed by atoms with van der Waals surface area (Å²) in [5, 5.41) is 11.6. The van der Waals surface area contributed by atoms with Crippen LogP contribution >= 0.6 is 11.3 Å². The number of aryl methyl sites for hydroxylation is 1. The SMILES string of the molecule is CC(=O)Nc1nnc(COc2ccc(-n3ccnc3)cc2C)s1. The molecule has 0 aliphatic heterocycles. The minimum absolute atomic E-state index is 0.167. The zero-order chi connectivity index (χ0) is 16.2. The third kappa shape index (κ3) is 3.72. The van der Waals surface area contributed by atoms with Gasteiger partial charge in [-0.15, -0.1) is 10.2 Å². The van der Waals surface area contributed by atoms with Gasteiger partial charge in [-0.05, 0) is 30.7 Å². The van der Waals surface area contributed by atoms with E-state index in [1.165, 1.54) is 18.3 Å². The first kappa shape index (κ1) is 15.2. The monoisotopic (exact) mass is 329 g/mol. The predicted molar refractivity (Wildman–Crippen MR) is 86.8 cm³/mol. The van der Waals surface area contributed by atoms with Crippen LogP contribution in [0.25, 0.3) is 5.69 Å². The van der Waals surface area contributed by atoms with E-state index in [0.29, 0.717) is 16.7 Å². The standard InChI is InChI=1S/C15H15N5O2S/c1-10-7-12(20-6-5-16-9-20)3-4-13(10)22-8-14-18-19-15(23-14)17-11(2)21/h3-7,9H,8H2,1-2H3,(H,17,19,21). The predicted octanol–water partition coefficient (Wildman–Crippen LogP) is 2.57. The third-order valence-electron chi connectivity index (χ3n) is 3.06. The number of rotatable bonds is 5. The van der Waals surface area contributed by atoms with Gasteiger partial charge in [0.2, 0.25) is 11.0 Å². The van der Waals surface area contributed by atoms with Gasteiger partial charge in [-0.1, -0.05) is 11.3 Å². The van der Waals surface area contributed by atoms with E-state index < -0.39 is 0 Å². The van der Waals surface area contributed by atoms with Gasteiger partial charge in [-0.25, -0.2) is 4.98 Å². The lowest BCUT2D eigenvalue weighted by molar-refractivity contribution is -0.114. The number of ether oxygens (including phenoxy) is 1. The van der Waals surface area contributed by atoms with Crippen LogP contribution in [0.5, 0.6) is 5.75 Å². The maximum Gasteiger partial charge on any atom is 0.223 e. The zero-order valence-electron chi connectivity index (χ0n) is 12.7. The highest BCUT2D eigenvalue weighted by atomic mass is 32.1. The fourth-order valence-electron chi connectivity index (χ4n) is 2.02. The Bertz CT molecular complexity index is 813. The first-order chi connectivity index (χ1) is 11.1. The number of amides is 1. The number of aromatic nitrogens is 4. The molecule has 118 valence electrons. The van der Waals surface area contributed by atoms with Crippen LogP contribution in [0, 0.1) is 6.92 Å². The fourth-order valence-corrected chi connectivity index (χ4v) is 2.72. The summed E-state index contributed by atoms with van der Waals surface area (Å²) >= 11 is 1.30. The lowest BCUT2D eigenvalue weighted by Crippen LogP contribution is -2.04. The molecule has 1 N–H and O–H groups in total. The minimum Gasteiger partial charge on any atom is -0.486 e. The molecular weight excluding hydrogens is 314 g/mol. The number of nitrogens with one attached hydrogen (secondary N) is 1. The molecule has 2 aromatic heterocycles. The van der Waals surface area contributed by atoms with Crippen molar-refractivity contribution in [3.8, 4) is 11.4 Å². The van der Waals surface area contributed by atoms with Crippen LogP contribution in [-0.2, 0) is 11.4 Å². The molecule has 0 radical (unpaired) electrons. The molecule has 0 unspecified atom stereocenters. The molecule has 0 saturated heterocycles.